The molecule has 132 valence electrons. The van der Waals surface area contributed by atoms with Crippen molar-refractivity contribution in [2.75, 3.05) is 0 Å². The molecule has 3 fully saturated rings. The number of carbonyl (C=O) groups excluding carboxylic acids is 2. The fourth-order valence-electron chi connectivity index (χ4n) is 7.79. The summed E-state index contributed by atoms with van der Waals surface area (Å²) in [6, 6.07) is 0. The van der Waals surface area contributed by atoms with Crippen LogP contribution < -0.4 is 0 Å². The standard InChI is InChI=1S/C22H32O2/c1-13-11-19-17-6-5-15-12-16(24)7-9-21(15,3)18(17)8-10-22(19,4)20(13)14(2)23/h12-13,17-20H,5-11H2,1-4H3/t13?,17-,18+,19+,20-,21+,22+/m1/s1. The summed E-state index contributed by atoms with van der Waals surface area (Å²) in [6.07, 6.45) is 9.79. The van der Waals surface area contributed by atoms with Crippen molar-refractivity contribution in [2.24, 2.45) is 40.4 Å². The Morgan fingerprint density at radius 1 is 1.12 bits per heavy atom. The van der Waals surface area contributed by atoms with E-state index in [0.29, 0.717) is 23.4 Å². The van der Waals surface area contributed by atoms with E-state index in [-0.39, 0.29) is 16.7 Å². The first-order valence-corrected chi connectivity index (χ1v) is 10.0. The zero-order chi connectivity index (χ0) is 17.3. The van der Waals surface area contributed by atoms with E-state index in [1.54, 1.807) is 0 Å². The molecule has 0 aromatic heterocycles. The Bertz CT molecular complexity index is 617. The maximum Gasteiger partial charge on any atom is 0.155 e. The van der Waals surface area contributed by atoms with E-state index >= 15 is 0 Å². The number of allylic oxidation sites excluding steroid dienone is 1. The molecule has 0 amide bonds. The average molecular weight is 328 g/mol. The molecule has 0 N–H and O–H groups in total. The molecule has 0 bridgehead atoms. The number of hydrogen-bond donors (Lipinski definition) is 0. The third-order valence-corrected chi connectivity index (χ3v) is 8.74. The summed E-state index contributed by atoms with van der Waals surface area (Å²) in [5.74, 6) is 3.74. The second-order valence-electron chi connectivity index (χ2n) is 9.81. The number of rotatable bonds is 1. The van der Waals surface area contributed by atoms with Crippen molar-refractivity contribution in [1.82, 2.24) is 0 Å². The van der Waals surface area contributed by atoms with Gasteiger partial charge in [-0.15, -0.1) is 0 Å². The lowest BCUT2D eigenvalue weighted by Gasteiger charge is -2.58. The van der Waals surface area contributed by atoms with Crippen molar-refractivity contribution in [3.05, 3.63) is 11.6 Å². The molecule has 3 saturated carbocycles. The van der Waals surface area contributed by atoms with Gasteiger partial charge in [-0.3, -0.25) is 9.59 Å². The number of Topliss-reactive ketones (excluding diaryl/α,β-unsaturated/α-hetero) is 1. The van der Waals surface area contributed by atoms with Gasteiger partial charge in [0, 0.05) is 12.3 Å². The van der Waals surface area contributed by atoms with Gasteiger partial charge in [-0.2, -0.15) is 0 Å². The van der Waals surface area contributed by atoms with Crippen molar-refractivity contribution in [3.63, 3.8) is 0 Å². The molecule has 4 rings (SSSR count). The van der Waals surface area contributed by atoms with E-state index in [0.717, 1.165) is 31.1 Å². The molecular formula is C22H32O2. The smallest absolute Gasteiger partial charge is 0.155 e. The summed E-state index contributed by atoms with van der Waals surface area (Å²) in [6.45, 7) is 8.98. The van der Waals surface area contributed by atoms with Crippen LogP contribution >= 0.6 is 0 Å². The minimum absolute atomic E-state index is 0.217. The van der Waals surface area contributed by atoms with Crippen LogP contribution in [0.4, 0.5) is 0 Å². The number of fused-ring (bicyclic) bond motifs is 5. The summed E-state index contributed by atoms with van der Waals surface area (Å²) in [7, 11) is 0. The van der Waals surface area contributed by atoms with E-state index < -0.39 is 0 Å². The van der Waals surface area contributed by atoms with Gasteiger partial charge in [0.2, 0.25) is 0 Å². The second kappa shape index (κ2) is 5.29. The van der Waals surface area contributed by atoms with Crippen LogP contribution in [0.15, 0.2) is 11.6 Å². The molecule has 0 aromatic carbocycles. The minimum atomic E-state index is 0.217. The van der Waals surface area contributed by atoms with Gasteiger partial charge in [0.1, 0.15) is 5.78 Å². The minimum Gasteiger partial charge on any atom is -0.300 e. The molecule has 0 saturated heterocycles. The number of hydrogen-bond acceptors (Lipinski definition) is 2. The first-order valence-electron chi connectivity index (χ1n) is 10.0. The SMILES string of the molecule is CC(=O)[C@H]1C(C)C[C@H]2[C@@H]3CCC4=CC(=O)CC[C@]4(C)[C@H]3CC[C@]12C. The normalized spacial score (nSPS) is 50.6. The highest BCUT2D eigenvalue weighted by molar-refractivity contribution is 5.91. The second-order valence-corrected chi connectivity index (χ2v) is 9.81. The molecule has 4 aliphatic rings. The predicted molar refractivity (Wildman–Crippen MR) is 95.4 cm³/mol. The molecule has 0 spiro atoms. The molecule has 0 aromatic rings. The molecule has 0 aliphatic heterocycles. The van der Waals surface area contributed by atoms with Crippen molar-refractivity contribution < 1.29 is 9.59 Å². The Morgan fingerprint density at radius 3 is 2.58 bits per heavy atom. The van der Waals surface area contributed by atoms with Crippen LogP contribution in [0, 0.1) is 40.4 Å². The zero-order valence-electron chi connectivity index (χ0n) is 15.7. The molecule has 0 heterocycles. The van der Waals surface area contributed by atoms with Gasteiger partial charge in [0.05, 0.1) is 0 Å². The summed E-state index contributed by atoms with van der Waals surface area (Å²) in [5.41, 5.74) is 1.90. The highest BCUT2D eigenvalue weighted by atomic mass is 16.1. The van der Waals surface area contributed by atoms with E-state index in [9.17, 15) is 9.59 Å². The molecule has 7 atom stereocenters. The van der Waals surface area contributed by atoms with Crippen LogP contribution in [0.3, 0.4) is 0 Å². The topological polar surface area (TPSA) is 34.1 Å². The van der Waals surface area contributed by atoms with Gasteiger partial charge in [0.15, 0.2) is 5.78 Å². The quantitative estimate of drug-likeness (QED) is 0.681. The van der Waals surface area contributed by atoms with E-state index in [1.807, 2.05) is 13.0 Å². The third kappa shape index (κ3) is 2.07. The van der Waals surface area contributed by atoms with Crippen LogP contribution in [0.1, 0.15) is 72.6 Å². The molecule has 2 heteroatoms. The van der Waals surface area contributed by atoms with E-state index in [4.69, 9.17) is 0 Å². The Morgan fingerprint density at radius 2 is 1.88 bits per heavy atom. The molecule has 4 aliphatic carbocycles. The Balaban J connectivity index is 1.69. The van der Waals surface area contributed by atoms with Crippen molar-refractivity contribution in [3.8, 4) is 0 Å². The molecule has 2 nitrogen and oxygen atoms in total. The number of ketones is 2. The average Bonchev–Trinajstić information content (AvgIpc) is 2.78. The highest BCUT2D eigenvalue weighted by Gasteiger charge is 2.61. The first kappa shape index (κ1) is 16.5. The van der Waals surface area contributed by atoms with Gasteiger partial charge in [-0.25, -0.2) is 0 Å². The fraction of sp³-hybridized carbons (Fsp3) is 0.818. The molecular weight excluding hydrogens is 296 g/mol. The lowest BCUT2D eigenvalue weighted by molar-refractivity contribution is -0.129. The maximum atomic E-state index is 12.4. The van der Waals surface area contributed by atoms with E-state index in [1.165, 1.54) is 31.3 Å². The summed E-state index contributed by atoms with van der Waals surface area (Å²) < 4.78 is 0. The van der Waals surface area contributed by atoms with Crippen LogP contribution in [-0.4, -0.2) is 11.6 Å². The van der Waals surface area contributed by atoms with Crippen LogP contribution in [0.25, 0.3) is 0 Å². The number of carbonyl (C=O) groups is 2. The van der Waals surface area contributed by atoms with Gasteiger partial charge < -0.3 is 0 Å². The van der Waals surface area contributed by atoms with Crippen molar-refractivity contribution in [1.29, 1.82) is 0 Å². The van der Waals surface area contributed by atoms with Gasteiger partial charge in [0.25, 0.3) is 0 Å². The molecule has 0 radical (unpaired) electrons. The lowest BCUT2D eigenvalue weighted by Crippen LogP contribution is -2.51. The van der Waals surface area contributed by atoms with E-state index in [2.05, 4.69) is 20.8 Å². The van der Waals surface area contributed by atoms with Crippen LogP contribution in [0.2, 0.25) is 0 Å². The fourth-order valence-corrected chi connectivity index (χ4v) is 7.79. The van der Waals surface area contributed by atoms with Crippen molar-refractivity contribution in [2.45, 2.75) is 72.6 Å². The van der Waals surface area contributed by atoms with Gasteiger partial charge in [-0.05, 0) is 86.0 Å². The van der Waals surface area contributed by atoms with Gasteiger partial charge >= 0.3 is 0 Å². The molecule has 24 heavy (non-hydrogen) atoms. The first-order chi connectivity index (χ1) is 11.3. The monoisotopic (exact) mass is 328 g/mol. The highest BCUT2D eigenvalue weighted by Crippen LogP contribution is 2.67. The largest absolute Gasteiger partial charge is 0.300 e. The summed E-state index contributed by atoms with van der Waals surface area (Å²) in [4.78, 5) is 24.3. The lowest BCUT2D eigenvalue weighted by atomic mass is 9.46. The predicted octanol–water partition coefficient (Wildman–Crippen LogP) is 4.97. The molecule has 1 unspecified atom stereocenters. The maximum absolute atomic E-state index is 12.4. The Labute approximate surface area is 146 Å². The summed E-state index contributed by atoms with van der Waals surface area (Å²) >= 11 is 0. The Kier molecular flexibility index (Phi) is 3.64. The zero-order valence-corrected chi connectivity index (χ0v) is 15.7. The van der Waals surface area contributed by atoms with Crippen LogP contribution in [0.5, 0.6) is 0 Å². The summed E-state index contributed by atoms with van der Waals surface area (Å²) in [5, 5.41) is 0. The van der Waals surface area contributed by atoms with Crippen molar-refractivity contribution >= 4 is 11.6 Å². The third-order valence-electron chi connectivity index (χ3n) is 8.74. The Hall–Kier alpha value is -0.920. The van der Waals surface area contributed by atoms with Gasteiger partial charge in [-0.1, -0.05) is 26.3 Å². The van der Waals surface area contributed by atoms with Crippen LogP contribution in [-0.2, 0) is 9.59 Å².